The summed E-state index contributed by atoms with van der Waals surface area (Å²) >= 11 is 0. The highest BCUT2D eigenvalue weighted by atomic mass is 16.5. The van der Waals surface area contributed by atoms with Gasteiger partial charge < -0.3 is 25.0 Å². The molecule has 0 spiro atoms. The Bertz CT molecular complexity index is 1270. The molecule has 0 aliphatic carbocycles. The molecule has 3 heterocycles. The largest absolute Gasteiger partial charge is 0.381 e. The van der Waals surface area contributed by atoms with Crippen LogP contribution in [0.4, 0.5) is 17.2 Å². The third kappa shape index (κ3) is 6.38. The van der Waals surface area contributed by atoms with Crippen LogP contribution >= 0.6 is 0 Å². The predicted molar refractivity (Wildman–Crippen MR) is 147 cm³/mol. The zero-order valence-electron chi connectivity index (χ0n) is 21.9. The molecule has 8 nitrogen and oxygen atoms in total. The van der Waals surface area contributed by atoms with E-state index in [2.05, 4.69) is 15.6 Å². The summed E-state index contributed by atoms with van der Waals surface area (Å²) in [7, 11) is 0. The number of anilines is 3. The number of aromatic nitrogens is 1. The summed E-state index contributed by atoms with van der Waals surface area (Å²) in [6.45, 7) is 6.28. The van der Waals surface area contributed by atoms with Crippen molar-refractivity contribution in [1.29, 1.82) is 0 Å². The van der Waals surface area contributed by atoms with Crippen LogP contribution in [0.15, 0.2) is 66.9 Å². The van der Waals surface area contributed by atoms with Crippen molar-refractivity contribution in [3.05, 3.63) is 72.4 Å². The van der Waals surface area contributed by atoms with Gasteiger partial charge in [-0.3, -0.25) is 9.59 Å². The fourth-order valence-electron chi connectivity index (χ4n) is 5.07. The van der Waals surface area contributed by atoms with Gasteiger partial charge in [-0.25, -0.2) is 4.98 Å². The molecule has 1 aromatic heterocycles. The maximum Gasteiger partial charge on any atom is 0.254 e. The fraction of sp³-hybridized carbons (Fsp3) is 0.367. The standard InChI is InChI=1S/C30H34N4O4/c1-20-18-34(19-21(2)38-20)30(36)25-14-24(15-27(16-25)32-26-6-4-3-5-7-26)23-8-11-31-28(17-23)33-29(35)22-9-12-37-13-10-22/h3-8,11,14-17,20-22,32H,9-10,12-13,18-19H2,1-2H3,(H,31,33,35). The predicted octanol–water partition coefficient (Wildman–Crippen LogP) is 5.11. The number of hydrogen-bond donors (Lipinski definition) is 2. The Hall–Kier alpha value is -3.75. The second kappa shape index (κ2) is 11.8. The summed E-state index contributed by atoms with van der Waals surface area (Å²) in [5.74, 6) is 0.343. The van der Waals surface area contributed by atoms with E-state index >= 15 is 0 Å². The zero-order chi connectivity index (χ0) is 26.5. The smallest absolute Gasteiger partial charge is 0.254 e. The molecule has 2 unspecified atom stereocenters. The maximum atomic E-state index is 13.6. The number of benzene rings is 2. The van der Waals surface area contributed by atoms with Crippen molar-refractivity contribution in [1.82, 2.24) is 9.88 Å². The third-order valence-electron chi connectivity index (χ3n) is 6.89. The van der Waals surface area contributed by atoms with Crippen molar-refractivity contribution < 1.29 is 19.1 Å². The molecule has 8 heteroatoms. The summed E-state index contributed by atoms with van der Waals surface area (Å²) in [6, 6.07) is 19.4. The van der Waals surface area contributed by atoms with Crippen LogP contribution in [0.5, 0.6) is 0 Å². The van der Waals surface area contributed by atoms with E-state index in [1.807, 2.05) is 79.4 Å². The summed E-state index contributed by atoms with van der Waals surface area (Å²) < 4.78 is 11.2. The highest BCUT2D eigenvalue weighted by Gasteiger charge is 2.27. The number of morpholine rings is 1. The van der Waals surface area contributed by atoms with Crippen LogP contribution in [0, 0.1) is 5.92 Å². The van der Waals surface area contributed by atoms with Gasteiger partial charge in [0.05, 0.1) is 12.2 Å². The zero-order valence-corrected chi connectivity index (χ0v) is 21.9. The monoisotopic (exact) mass is 514 g/mol. The molecule has 0 radical (unpaired) electrons. The molecule has 3 aromatic rings. The van der Waals surface area contributed by atoms with E-state index in [0.29, 0.717) is 50.5 Å². The quantitative estimate of drug-likeness (QED) is 0.475. The first-order valence-corrected chi connectivity index (χ1v) is 13.2. The lowest BCUT2D eigenvalue weighted by molar-refractivity contribution is -0.122. The SMILES string of the molecule is CC1CN(C(=O)c2cc(Nc3ccccc3)cc(-c3ccnc(NC(=O)C4CCOCC4)c3)c2)CC(C)O1. The second-order valence-corrected chi connectivity index (χ2v) is 10.1. The lowest BCUT2D eigenvalue weighted by Crippen LogP contribution is -2.48. The number of rotatable bonds is 6. The van der Waals surface area contributed by atoms with Gasteiger partial charge in [-0.15, -0.1) is 0 Å². The summed E-state index contributed by atoms with van der Waals surface area (Å²) in [6.07, 6.45) is 3.06. The van der Waals surface area contributed by atoms with E-state index in [1.165, 1.54) is 0 Å². The minimum atomic E-state index is -0.0739. The average molecular weight is 515 g/mol. The van der Waals surface area contributed by atoms with Gasteiger partial charge in [-0.1, -0.05) is 18.2 Å². The molecule has 2 saturated heterocycles. The van der Waals surface area contributed by atoms with Gasteiger partial charge in [0.1, 0.15) is 5.82 Å². The average Bonchev–Trinajstić information content (AvgIpc) is 2.93. The van der Waals surface area contributed by atoms with Crippen molar-refractivity contribution in [3.63, 3.8) is 0 Å². The second-order valence-electron chi connectivity index (χ2n) is 10.1. The molecule has 38 heavy (non-hydrogen) atoms. The first-order valence-electron chi connectivity index (χ1n) is 13.2. The van der Waals surface area contributed by atoms with E-state index in [-0.39, 0.29) is 29.9 Å². The Morgan fingerprint density at radius 2 is 1.63 bits per heavy atom. The molecular weight excluding hydrogens is 480 g/mol. The molecular formula is C30H34N4O4. The molecule has 0 bridgehead atoms. The van der Waals surface area contributed by atoms with Crippen LogP contribution in [0.25, 0.3) is 11.1 Å². The molecule has 198 valence electrons. The number of para-hydroxylation sites is 1. The van der Waals surface area contributed by atoms with Crippen molar-refractivity contribution in [2.45, 2.75) is 38.9 Å². The van der Waals surface area contributed by atoms with Crippen LogP contribution in [0.1, 0.15) is 37.0 Å². The van der Waals surface area contributed by atoms with Crippen molar-refractivity contribution in [2.24, 2.45) is 5.92 Å². The van der Waals surface area contributed by atoms with Gasteiger partial charge in [0, 0.05) is 55.4 Å². The minimum Gasteiger partial charge on any atom is -0.381 e. The minimum absolute atomic E-state index is 0.0186. The van der Waals surface area contributed by atoms with Gasteiger partial charge >= 0.3 is 0 Å². The van der Waals surface area contributed by atoms with Crippen LogP contribution in [-0.4, -0.2) is 60.2 Å². The number of amides is 2. The summed E-state index contributed by atoms with van der Waals surface area (Å²) in [5.41, 5.74) is 4.03. The maximum absolute atomic E-state index is 13.6. The Labute approximate surface area is 223 Å². The number of carbonyl (C=O) groups is 2. The van der Waals surface area contributed by atoms with Crippen molar-refractivity contribution in [3.8, 4) is 11.1 Å². The van der Waals surface area contributed by atoms with E-state index in [1.54, 1.807) is 6.20 Å². The van der Waals surface area contributed by atoms with Gasteiger partial charge in [0.2, 0.25) is 5.91 Å². The molecule has 5 rings (SSSR count). The van der Waals surface area contributed by atoms with Gasteiger partial charge in [-0.2, -0.15) is 0 Å². The number of carbonyl (C=O) groups excluding carboxylic acids is 2. The number of nitrogens with one attached hydrogen (secondary N) is 2. The normalized spacial score (nSPS) is 20.1. The highest BCUT2D eigenvalue weighted by Crippen LogP contribution is 2.29. The van der Waals surface area contributed by atoms with Gasteiger partial charge in [0.25, 0.3) is 5.91 Å². The number of hydrogen-bond acceptors (Lipinski definition) is 6. The van der Waals surface area contributed by atoms with E-state index in [9.17, 15) is 9.59 Å². The first-order chi connectivity index (χ1) is 18.4. The van der Waals surface area contributed by atoms with Gasteiger partial charge in [-0.05, 0) is 80.3 Å². The third-order valence-corrected chi connectivity index (χ3v) is 6.89. The molecule has 2 aromatic carbocycles. The van der Waals surface area contributed by atoms with Crippen LogP contribution in [0.2, 0.25) is 0 Å². The molecule has 2 aliphatic heterocycles. The van der Waals surface area contributed by atoms with Crippen LogP contribution in [0.3, 0.4) is 0 Å². The number of pyridine rings is 1. The Balaban J connectivity index is 1.44. The molecule has 2 aliphatic rings. The fourth-order valence-corrected chi connectivity index (χ4v) is 5.07. The Kier molecular flexibility index (Phi) is 8.00. The number of nitrogens with zero attached hydrogens (tertiary/aromatic N) is 2. The van der Waals surface area contributed by atoms with E-state index in [0.717, 1.165) is 22.5 Å². The lowest BCUT2D eigenvalue weighted by Gasteiger charge is -2.35. The molecule has 2 fully saturated rings. The Morgan fingerprint density at radius 3 is 2.37 bits per heavy atom. The van der Waals surface area contributed by atoms with E-state index < -0.39 is 0 Å². The number of ether oxygens (including phenoxy) is 2. The van der Waals surface area contributed by atoms with Crippen LogP contribution < -0.4 is 10.6 Å². The molecule has 2 N–H and O–H groups in total. The summed E-state index contributed by atoms with van der Waals surface area (Å²) in [4.78, 5) is 32.6. The highest BCUT2D eigenvalue weighted by molar-refractivity contribution is 5.97. The Morgan fingerprint density at radius 1 is 0.895 bits per heavy atom. The lowest BCUT2D eigenvalue weighted by atomic mass is 9.99. The van der Waals surface area contributed by atoms with Crippen molar-refractivity contribution in [2.75, 3.05) is 36.9 Å². The molecule has 0 saturated carbocycles. The van der Waals surface area contributed by atoms with Crippen molar-refractivity contribution >= 4 is 29.0 Å². The van der Waals surface area contributed by atoms with E-state index in [4.69, 9.17) is 9.47 Å². The first kappa shape index (κ1) is 25.9. The summed E-state index contributed by atoms with van der Waals surface area (Å²) in [5, 5.41) is 6.39. The van der Waals surface area contributed by atoms with Gasteiger partial charge in [0.15, 0.2) is 0 Å². The van der Waals surface area contributed by atoms with Crippen LogP contribution in [-0.2, 0) is 14.3 Å². The molecule has 2 amide bonds. The molecule has 2 atom stereocenters. The topological polar surface area (TPSA) is 92.8 Å².